The van der Waals surface area contributed by atoms with Crippen molar-refractivity contribution in [3.8, 4) is 11.5 Å². The molecule has 0 saturated carbocycles. The summed E-state index contributed by atoms with van der Waals surface area (Å²) in [6, 6.07) is 4.59. The van der Waals surface area contributed by atoms with Gasteiger partial charge in [-0.2, -0.15) is 0 Å². The summed E-state index contributed by atoms with van der Waals surface area (Å²) >= 11 is 0. The molecule has 5 heteroatoms. The second-order valence-electron chi connectivity index (χ2n) is 5.60. The molecule has 4 nitrogen and oxygen atoms in total. The highest BCUT2D eigenvalue weighted by Gasteiger charge is 2.28. The van der Waals surface area contributed by atoms with E-state index in [0.29, 0.717) is 25.0 Å². The van der Waals surface area contributed by atoms with Crippen molar-refractivity contribution < 1.29 is 13.7 Å². The van der Waals surface area contributed by atoms with Gasteiger partial charge in [-0.15, -0.1) is 0 Å². The average molecular weight is 295 g/mol. The fourth-order valence-electron chi connectivity index (χ4n) is 2.74. The number of hydrogen-bond acceptors (Lipinski definition) is 4. The highest BCUT2D eigenvalue weighted by atomic mass is 32.2. The van der Waals surface area contributed by atoms with Crippen LogP contribution in [0.3, 0.4) is 0 Å². The Morgan fingerprint density at radius 3 is 2.65 bits per heavy atom. The van der Waals surface area contributed by atoms with Gasteiger partial charge in [-0.25, -0.2) is 0 Å². The van der Waals surface area contributed by atoms with Gasteiger partial charge in [0.2, 0.25) is 0 Å². The maximum Gasteiger partial charge on any atom is 0.162 e. The van der Waals surface area contributed by atoms with Crippen LogP contribution in [0.4, 0.5) is 0 Å². The molecule has 0 radical (unpaired) electrons. The molecule has 2 aliphatic heterocycles. The van der Waals surface area contributed by atoms with Crippen LogP contribution in [0.2, 0.25) is 0 Å². The predicted molar refractivity (Wildman–Crippen MR) is 79.0 cm³/mol. The van der Waals surface area contributed by atoms with E-state index in [4.69, 9.17) is 9.47 Å². The normalized spacial score (nSPS) is 25.1. The minimum Gasteiger partial charge on any atom is -0.490 e. The van der Waals surface area contributed by atoms with E-state index in [-0.39, 0.29) is 6.04 Å². The number of nitrogens with one attached hydrogen (secondary N) is 1. The molecule has 1 aromatic carbocycles. The summed E-state index contributed by atoms with van der Waals surface area (Å²) < 4.78 is 23.7. The van der Waals surface area contributed by atoms with Gasteiger partial charge >= 0.3 is 0 Å². The van der Waals surface area contributed by atoms with Crippen molar-refractivity contribution in [3.63, 3.8) is 0 Å². The predicted octanol–water partition coefficient (Wildman–Crippen LogP) is 2.40. The number of fused-ring (bicyclic) bond motifs is 2. The van der Waals surface area contributed by atoms with Gasteiger partial charge in [0.15, 0.2) is 11.5 Å². The first kappa shape index (κ1) is 13.9. The van der Waals surface area contributed by atoms with Gasteiger partial charge in [0.1, 0.15) is 0 Å². The standard InChI is InChI=1S/C15H21NO3S/c1-10(2)16-12-4-7-20(17)15-9-14-13(8-11(12)15)18-5-3-6-19-14/h8-10,12,16H,3-7H2,1-2H3. The van der Waals surface area contributed by atoms with E-state index in [2.05, 4.69) is 19.2 Å². The lowest BCUT2D eigenvalue weighted by atomic mass is 10.0. The van der Waals surface area contributed by atoms with E-state index < -0.39 is 10.8 Å². The van der Waals surface area contributed by atoms with Gasteiger partial charge in [0, 0.05) is 35.2 Å². The third-order valence-corrected chi connectivity index (χ3v) is 5.08. The largest absolute Gasteiger partial charge is 0.490 e. The van der Waals surface area contributed by atoms with Gasteiger partial charge < -0.3 is 14.8 Å². The van der Waals surface area contributed by atoms with Crippen LogP contribution in [0.25, 0.3) is 0 Å². The van der Waals surface area contributed by atoms with Crippen molar-refractivity contribution >= 4 is 10.8 Å². The molecule has 0 aromatic heterocycles. The maximum absolute atomic E-state index is 12.3. The Balaban J connectivity index is 2.02. The fourth-order valence-corrected chi connectivity index (χ4v) is 4.11. The average Bonchev–Trinajstić information content (AvgIpc) is 2.64. The minimum atomic E-state index is -0.930. The maximum atomic E-state index is 12.3. The molecule has 2 unspecified atom stereocenters. The van der Waals surface area contributed by atoms with Gasteiger partial charge in [0.05, 0.1) is 24.0 Å². The highest BCUT2D eigenvalue weighted by molar-refractivity contribution is 7.85. The molecule has 2 aliphatic rings. The van der Waals surface area contributed by atoms with Crippen LogP contribution < -0.4 is 14.8 Å². The summed E-state index contributed by atoms with van der Waals surface area (Å²) in [7, 11) is -0.930. The first-order chi connectivity index (χ1) is 9.65. The summed E-state index contributed by atoms with van der Waals surface area (Å²) in [4.78, 5) is 0.902. The monoisotopic (exact) mass is 295 g/mol. The van der Waals surface area contributed by atoms with Crippen LogP contribution in [0.15, 0.2) is 17.0 Å². The van der Waals surface area contributed by atoms with Gasteiger partial charge in [-0.05, 0) is 18.1 Å². The molecule has 0 amide bonds. The molecular formula is C15H21NO3S. The third-order valence-electron chi connectivity index (χ3n) is 3.63. The molecule has 0 bridgehead atoms. The molecular weight excluding hydrogens is 274 g/mol. The van der Waals surface area contributed by atoms with Crippen LogP contribution in [-0.2, 0) is 10.8 Å². The summed E-state index contributed by atoms with van der Waals surface area (Å²) in [5.41, 5.74) is 1.10. The lowest BCUT2D eigenvalue weighted by Gasteiger charge is -2.28. The molecule has 0 fully saturated rings. The van der Waals surface area contributed by atoms with Gasteiger partial charge in [-0.1, -0.05) is 13.8 Å². The van der Waals surface area contributed by atoms with E-state index in [9.17, 15) is 4.21 Å². The summed E-state index contributed by atoms with van der Waals surface area (Å²) in [5, 5.41) is 3.55. The zero-order chi connectivity index (χ0) is 14.1. The van der Waals surface area contributed by atoms with E-state index in [1.807, 2.05) is 12.1 Å². The van der Waals surface area contributed by atoms with Crippen LogP contribution in [0.1, 0.15) is 38.3 Å². The first-order valence-electron chi connectivity index (χ1n) is 7.23. The minimum absolute atomic E-state index is 0.250. The number of benzene rings is 1. The first-order valence-corrected chi connectivity index (χ1v) is 8.55. The second kappa shape index (κ2) is 5.74. The molecule has 20 heavy (non-hydrogen) atoms. The number of hydrogen-bond donors (Lipinski definition) is 1. The Bertz CT molecular complexity index is 530. The second-order valence-corrected chi connectivity index (χ2v) is 7.14. The van der Waals surface area contributed by atoms with Crippen molar-refractivity contribution in [2.24, 2.45) is 0 Å². The zero-order valence-electron chi connectivity index (χ0n) is 12.0. The van der Waals surface area contributed by atoms with Crippen molar-refractivity contribution in [2.75, 3.05) is 19.0 Å². The molecule has 110 valence electrons. The Hall–Kier alpha value is -1.07. The summed E-state index contributed by atoms with van der Waals surface area (Å²) in [5.74, 6) is 2.23. The van der Waals surface area contributed by atoms with Crippen molar-refractivity contribution in [2.45, 2.75) is 43.7 Å². The Morgan fingerprint density at radius 2 is 1.95 bits per heavy atom. The lowest BCUT2D eigenvalue weighted by Crippen LogP contribution is -2.32. The van der Waals surface area contributed by atoms with Crippen molar-refractivity contribution in [1.29, 1.82) is 0 Å². The number of rotatable bonds is 2. The van der Waals surface area contributed by atoms with Gasteiger partial charge in [-0.3, -0.25) is 4.21 Å². The molecule has 0 spiro atoms. The van der Waals surface area contributed by atoms with Gasteiger partial charge in [0.25, 0.3) is 0 Å². The quantitative estimate of drug-likeness (QED) is 0.910. The van der Waals surface area contributed by atoms with E-state index >= 15 is 0 Å². The summed E-state index contributed by atoms with van der Waals surface area (Å²) in [6.07, 6.45) is 1.79. The SMILES string of the molecule is CC(C)NC1CCS(=O)c2cc3c(cc21)OCCCO3. The number of ether oxygens (including phenoxy) is 2. The van der Waals surface area contributed by atoms with E-state index in [1.54, 1.807) is 0 Å². The van der Waals surface area contributed by atoms with Crippen LogP contribution in [0, 0.1) is 0 Å². The third kappa shape index (κ3) is 2.69. The Labute approximate surface area is 122 Å². The smallest absolute Gasteiger partial charge is 0.162 e. The van der Waals surface area contributed by atoms with Crippen LogP contribution in [0.5, 0.6) is 11.5 Å². The lowest BCUT2D eigenvalue weighted by molar-refractivity contribution is 0.296. The van der Waals surface area contributed by atoms with Crippen LogP contribution >= 0.6 is 0 Å². The van der Waals surface area contributed by atoms with Crippen molar-refractivity contribution in [1.82, 2.24) is 5.32 Å². The molecule has 3 rings (SSSR count). The molecule has 2 atom stereocenters. The molecule has 1 aromatic rings. The van der Waals surface area contributed by atoms with Crippen LogP contribution in [-0.4, -0.2) is 29.2 Å². The molecule has 2 heterocycles. The molecule has 0 aliphatic carbocycles. The molecule has 0 saturated heterocycles. The fraction of sp³-hybridized carbons (Fsp3) is 0.600. The Kier molecular flexibility index (Phi) is 3.98. The highest BCUT2D eigenvalue weighted by Crippen LogP contribution is 2.39. The van der Waals surface area contributed by atoms with Crippen molar-refractivity contribution in [3.05, 3.63) is 17.7 Å². The molecule has 1 N–H and O–H groups in total. The zero-order valence-corrected chi connectivity index (χ0v) is 12.8. The summed E-state index contributed by atoms with van der Waals surface area (Å²) in [6.45, 7) is 5.60. The topological polar surface area (TPSA) is 47.6 Å². The van der Waals surface area contributed by atoms with E-state index in [0.717, 1.165) is 34.8 Å². The Morgan fingerprint density at radius 1 is 1.25 bits per heavy atom. The van der Waals surface area contributed by atoms with E-state index in [1.165, 1.54) is 0 Å².